The number of carbonyl (C=O) groups excluding carboxylic acids is 1. The molecule has 124 valence electrons. The fourth-order valence-corrected chi connectivity index (χ4v) is 4.09. The molecule has 24 heavy (non-hydrogen) atoms. The van der Waals surface area contributed by atoms with Gasteiger partial charge in [0.15, 0.2) is 0 Å². The number of aromatic nitrogens is 1. The average molecular weight is 322 g/mol. The molecule has 0 spiro atoms. The van der Waals surface area contributed by atoms with Crippen LogP contribution >= 0.6 is 0 Å². The first kappa shape index (κ1) is 15.2. The number of nitrogens with zero attached hydrogens (tertiary/aromatic N) is 2. The van der Waals surface area contributed by atoms with Crippen molar-refractivity contribution in [1.29, 1.82) is 0 Å². The van der Waals surface area contributed by atoms with E-state index < -0.39 is 0 Å². The zero-order valence-corrected chi connectivity index (χ0v) is 13.9. The zero-order chi connectivity index (χ0) is 16.5. The Hall–Kier alpha value is -2.36. The molecule has 4 rings (SSSR count). The molecule has 2 aliphatic rings. The zero-order valence-electron chi connectivity index (χ0n) is 13.9. The van der Waals surface area contributed by atoms with Crippen LogP contribution in [0.5, 0.6) is 5.88 Å². The van der Waals surface area contributed by atoms with Crippen molar-refractivity contribution in [2.24, 2.45) is 0 Å². The van der Waals surface area contributed by atoms with E-state index in [4.69, 9.17) is 4.74 Å². The summed E-state index contributed by atoms with van der Waals surface area (Å²) < 4.78 is 6.04. The van der Waals surface area contributed by atoms with Crippen LogP contribution in [0, 0.1) is 6.92 Å². The van der Waals surface area contributed by atoms with Crippen molar-refractivity contribution < 1.29 is 9.53 Å². The van der Waals surface area contributed by atoms with Crippen molar-refractivity contribution in [3.8, 4) is 5.88 Å². The highest BCUT2D eigenvalue weighted by Crippen LogP contribution is 2.38. The van der Waals surface area contributed by atoms with Gasteiger partial charge in [0.25, 0.3) is 5.91 Å². The van der Waals surface area contributed by atoms with Crippen molar-refractivity contribution in [1.82, 2.24) is 9.88 Å². The molecule has 2 unspecified atom stereocenters. The molecule has 0 N–H and O–H groups in total. The van der Waals surface area contributed by atoms with E-state index in [1.807, 2.05) is 49.4 Å². The molecule has 4 nitrogen and oxygen atoms in total. The van der Waals surface area contributed by atoms with Crippen LogP contribution in [-0.4, -0.2) is 34.0 Å². The topological polar surface area (TPSA) is 42.4 Å². The van der Waals surface area contributed by atoms with Gasteiger partial charge < -0.3 is 9.64 Å². The lowest BCUT2D eigenvalue weighted by molar-refractivity contribution is 0.0347. The van der Waals surface area contributed by atoms with Crippen LogP contribution in [0.15, 0.2) is 48.7 Å². The summed E-state index contributed by atoms with van der Waals surface area (Å²) in [6, 6.07) is 14.2. The summed E-state index contributed by atoms with van der Waals surface area (Å²) in [5, 5.41) is 0. The summed E-state index contributed by atoms with van der Waals surface area (Å²) in [7, 11) is 0. The molecule has 2 fully saturated rings. The number of benzene rings is 1. The molecule has 0 radical (unpaired) electrons. The Kier molecular flexibility index (Phi) is 3.97. The summed E-state index contributed by atoms with van der Waals surface area (Å²) >= 11 is 0. The molecule has 2 aliphatic heterocycles. The quantitative estimate of drug-likeness (QED) is 0.867. The molecule has 2 atom stereocenters. The lowest BCUT2D eigenvalue weighted by Crippen LogP contribution is -2.49. The molecule has 0 aliphatic carbocycles. The van der Waals surface area contributed by atoms with E-state index in [2.05, 4.69) is 9.88 Å². The van der Waals surface area contributed by atoms with Crippen LogP contribution in [-0.2, 0) is 0 Å². The second kappa shape index (κ2) is 6.27. The highest BCUT2D eigenvalue weighted by Gasteiger charge is 2.44. The van der Waals surface area contributed by atoms with Crippen LogP contribution in [0.4, 0.5) is 0 Å². The van der Waals surface area contributed by atoms with Gasteiger partial charge in [-0.1, -0.05) is 24.3 Å². The summed E-state index contributed by atoms with van der Waals surface area (Å²) in [5.41, 5.74) is 1.88. The maximum atomic E-state index is 13.0. The molecule has 1 aromatic carbocycles. The second-order valence-corrected chi connectivity index (χ2v) is 6.79. The van der Waals surface area contributed by atoms with Crippen molar-refractivity contribution >= 4 is 5.91 Å². The van der Waals surface area contributed by atoms with E-state index in [1.165, 1.54) is 0 Å². The number of aryl methyl sites for hydroxylation is 1. The Bertz CT molecular complexity index is 717. The fraction of sp³-hybridized carbons (Fsp3) is 0.400. The average Bonchev–Trinajstić information content (AvgIpc) is 2.86. The molecule has 1 amide bonds. The fourth-order valence-electron chi connectivity index (χ4n) is 4.09. The molecule has 3 heterocycles. The van der Waals surface area contributed by atoms with Gasteiger partial charge in [0.2, 0.25) is 5.88 Å². The van der Waals surface area contributed by atoms with Gasteiger partial charge in [-0.2, -0.15) is 0 Å². The summed E-state index contributed by atoms with van der Waals surface area (Å²) in [6.07, 6.45) is 5.84. The standard InChI is InChI=1S/C20H22N2O2/c1-14-6-2-3-7-18(14)20(23)22-15-9-10-16(22)13-17(12-15)24-19-8-4-5-11-21-19/h2-8,11,15-17H,9-10,12-13H2,1H3. The van der Waals surface area contributed by atoms with E-state index in [1.54, 1.807) is 6.20 Å². The largest absolute Gasteiger partial charge is 0.474 e. The highest BCUT2D eigenvalue weighted by atomic mass is 16.5. The number of amides is 1. The van der Waals surface area contributed by atoms with Gasteiger partial charge in [-0.25, -0.2) is 4.98 Å². The summed E-state index contributed by atoms with van der Waals surface area (Å²) in [5.74, 6) is 0.859. The Morgan fingerprint density at radius 1 is 1.08 bits per heavy atom. The minimum Gasteiger partial charge on any atom is -0.474 e. The molecule has 2 saturated heterocycles. The van der Waals surface area contributed by atoms with Gasteiger partial charge in [-0.3, -0.25) is 4.79 Å². The van der Waals surface area contributed by atoms with Crippen LogP contribution in [0.1, 0.15) is 41.6 Å². The molecular weight excluding hydrogens is 300 g/mol. The maximum Gasteiger partial charge on any atom is 0.254 e. The third kappa shape index (κ3) is 2.77. The van der Waals surface area contributed by atoms with Crippen LogP contribution in [0.2, 0.25) is 0 Å². The molecule has 4 heteroatoms. The number of carbonyl (C=O) groups is 1. The maximum absolute atomic E-state index is 13.0. The van der Waals surface area contributed by atoms with Crippen molar-refractivity contribution in [2.45, 2.75) is 50.8 Å². The van der Waals surface area contributed by atoms with E-state index in [9.17, 15) is 4.79 Å². The summed E-state index contributed by atoms with van der Waals surface area (Å²) in [6.45, 7) is 2.01. The third-order valence-electron chi connectivity index (χ3n) is 5.22. The Morgan fingerprint density at radius 2 is 1.79 bits per heavy atom. The molecule has 2 bridgehead atoms. The predicted octanol–water partition coefficient (Wildman–Crippen LogP) is 3.60. The Labute approximate surface area is 142 Å². The minimum absolute atomic E-state index is 0.151. The summed E-state index contributed by atoms with van der Waals surface area (Å²) in [4.78, 5) is 19.4. The third-order valence-corrected chi connectivity index (χ3v) is 5.22. The Balaban J connectivity index is 1.49. The first-order valence-corrected chi connectivity index (χ1v) is 8.68. The number of pyridine rings is 1. The first-order valence-electron chi connectivity index (χ1n) is 8.68. The monoisotopic (exact) mass is 322 g/mol. The number of ether oxygens (including phenoxy) is 1. The van der Waals surface area contributed by atoms with E-state index >= 15 is 0 Å². The van der Waals surface area contributed by atoms with Crippen LogP contribution < -0.4 is 4.74 Å². The smallest absolute Gasteiger partial charge is 0.254 e. The van der Waals surface area contributed by atoms with Crippen molar-refractivity contribution in [3.63, 3.8) is 0 Å². The number of hydrogen-bond donors (Lipinski definition) is 0. The van der Waals surface area contributed by atoms with Gasteiger partial charge in [0, 0.05) is 42.8 Å². The Morgan fingerprint density at radius 3 is 2.46 bits per heavy atom. The predicted molar refractivity (Wildman–Crippen MR) is 92.0 cm³/mol. The van der Waals surface area contributed by atoms with Crippen molar-refractivity contribution in [3.05, 3.63) is 59.8 Å². The lowest BCUT2D eigenvalue weighted by atomic mass is 9.97. The molecule has 2 aromatic rings. The van der Waals surface area contributed by atoms with E-state index in [-0.39, 0.29) is 24.1 Å². The van der Waals surface area contributed by atoms with Gasteiger partial charge in [0.05, 0.1) is 0 Å². The van der Waals surface area contributed by atoms with E-state index in [0.717, 1.165) is 36.8 Å². The molecular formula is C20H22N2O2. The van der Waals surface area contributed by atoms with Gasteiger partial charge in [0.1, 0.15) is 6.10 Å². The number of rotatable bonds is 3. The number of hydrogen-bond acceptors (Lipinski definition) is 3. The SMILES string of the molecule is Cc1ccccc1C(=O)N1C2CCC1CC(Oc1ccccn1)C2. The van der Waals surface area contributed by atoms with Gasteiger partial charge in [-0.15, -0.1) is 0 Å². The number of piperidine rings is 1. The van der Waals surface area contributed by atoms with Crippen molar-refractivity contribution in [2.75, 3.05) is 0 Å². The molecule has 1 aromatic heterocycles. The number of fused-ring (bicyclic) bond motifs is 2. The lowest BCUT2D eigenvalue weighted by Gasteiger charge is -2.39. The second-order valence-electron chi connectivity index (χ2n) is 6.79. The van der Waals surface area contributed by atoms with Gasteiger partial charge >= 0.3 is 0 Å². The molecule has 0 saturated carbocycles. The normalized spacial score (nSPS) is 25.5. The highest BCUT2D eigenvalue weighted by molar-refractivity contribution is 5.96. The van der Waals surface area contributed by atoms with Gasteiger partial charge in [-0.05, 0) is 37.5 Å². The van der Waals surface area contributed by atoms with E-state index in [0.29, 0.717) is 5.88 Å². The first-order chi connectivity index (χ1) is 11.7. The minimum atomic E-state index is 0.151. The van der Waals surface area contributed by atoms with Crippen LogP contribution in [0.25, 0.3) is 0 Å². The van der Waals surface area contributed by atoms with Crippen LogP contribution in [0.3, 0.4) is 0 Å².